The van der Waals surface area contributed by atoms with E-state index in [0.717, 1.165) is 19.4 Å². The van der Waals surface area contributed by atoms with Crippen molar-refractivity contribution in [3.63, 3.8) is 0 Å². The van der Waals surface area contributed by atoms with E-state index in [9.17, 15) is 9.18 Å². The van der Waals surface area contributed by atoms with Gasteiger partial charge < -0.3 is 10.6 Å². The number of halogens is 2. The third kappa shape index (κ3) is 3.98. The Hall–Kier alpha value is -1.13. The maximum Gasteiger partial charge on any atom is 0.251 e. The highest BCUT2D eigenvalue weighted by atomic mass is 35.5. The van der Waals surface area contributed by atoms with Crippen LogP contribution in [0.25, 0.3) is 0 Å². The number of hydrogen-bond donors (Lipinski definition) is 2. The molecule has 0 spiro atoms. The molecule has 1 aliphatic heterocycles. The second kappa shape index (κ2) is 6.57. The second-order valence-corrected chi connectivity index (χ2v) is 4.01. The summed E-state index contributed by atoms with van der Waals surface area (Å²) in [5.74, 6) is -0.597. The molecule has 0 radical (unpaired) electrons. The molecule has 1 aromatic carbocycles. The number of amides is 1. The summed E-state index contributed by atoms with van der Waals surface area (Å²) in [4.78, 5) is 11.6. The summed E-state index contributed by atoms with van der Waals surface area (Å²) < 4.78 is 12.9. The highest BCUT2D eigenvalue weighted by Gasteiger charge is 2.15. The van der Waals surface area contributed by atoms with Gasteiger partial charge in [0, 0.05) is 18.2 Å². The monoisotopic (exact) mass is 258 g/mol. The lowest BCUT2D eigenvalue weighted by molar-refractivity contribution is 0.0950. The molecule has 5 heteroatoms. The summed E-state index contributed by atoms with van der Waals surface area (Å²) in [7, 11) is 0. The van der Waals surface area contributed by atoms with Crippen molar-refractivity contribution in [3.8, 4) is 0 Å². The summed E-state index contributed by atoms with van der Waals surface area (Å²) >= 11 is 0. The van der Waals surface area contributed by atoms with E-state index in [1.54, 1.807) is 6.07 Å². The minimum atomic E-state index is -0.383. The van der Waals surface area contributed by atoms with Crippen LogP contribution in [0.1, 0.15) is 23.2 Å². The molecule has 1 saturated heterocycles. The molecule has 0 aromatic heterocycles. The maximum atomic E-state index is 12.9. The van der Waals surface area contributed by atoms with E-state index < -0.39 is 0 Å². The molecule has 2 rings (SSSR count). The van der Waals surface area contributed by atoms with E-state index in [0.29, 0.717) is 18.2 Å². The number of benzene rings is 1. The molecule has 1 heterocycles. The molecule has 1 aliphatic rings. The highest BCUT2D eigenvalue weighted by Crippen LogP contribution is 2.05. The number of nitrogens with one attached hydrogen (secondary N) is 2. The van der Waals surface area contributed by atoms with Crippen LogP contribution in [0.4, 0.5) is 4.39 Å². The second-order valence-electron chi connectivity index (χ2n) is 4.01. The molecular formula is C12H16ClFN2O. The molecule has 0 saturated carbocycles. The topological polar surface area (TPSA) is 41.1 Å². The van der Waals surface area contributed by atoms with Gasteiger partial charge in [-0.05, 0) is 37.6 Å². The first kappa shape index (κ1) is 13.9. The van der Waals surface area contributed by atoms with Crippen LogP contribution in [0.5, 0.6) is 0 Å². The van der Waals surface area contributed by atoms with Gasteiger partial charge in [0.25, 0.3) is 5.91 Å². The molecule has 3 nitrogen and oxygen atoms in total. The van der Waals surface area contributed by atoms with Crippen LogP contribution in [0, 0.1) is 5.82 Å². The van der Waals surface area contributed by atoms with Crippen LogP contribution in [0.3, 0.4) is 0 Å². The number of carbonyl (C=O) groups is 1. The maximum absolute atomic E-state index is 12.9. The van der Waals surface area contributed by atoms with E-state index in [1.807, 2.05) is 0 Å². The summed E-state index contributed by atoms with van der Waals surface area (Å²) in [6, 6.07) is 6.09. The molecule has 94 valence electrons. The van der Waals surface area contributed by atoms with Crippen LogP contribution in [-0.2, 0) is 0 Å². The zero-order chi connectivity index (χ0) is 11.4. The molecule has 0 unspecified atom stereocenters. The van der Waals surface area contributed by atoms with Crippen molar-refractivity contribution in [2.45, 2.75) is 18.9 Å². The van der Waals surface area contributed by atoms with Crippen LogP contribution in [0.2, 0.25) is 0 Å². The lowest BCUT2D eigenvalue weighted by atomic mass is 10.2. The lowest BCUT2D eigenvalue weighted by Crippen LogP contribution is -2.37. The van der Waals surface area contributed by atoms with Gasteiger partial charge in [-0.1, -0.05) is 6.07 Å². The SMILES string of the molecule is Cl.O=C(NC[C@H]1CCCN1)c1cccc(F)c1. The lowest BCUT2D eigenvalue weighted by Gasteiger charge is -2.11. The predicted octanol–water partition coefficient (Wildman–Crippen LogP) is 1.73. The van der Waals surface area contributed by atoms with Crippen LogP contribution in [0.15, 0.2) is 24.3 Å². The third-order valence-corrected chi connectivity index (χ3v) is 2.76. The van der Waals surface area contributed by atoms with Crippen molar-refractivity contribution in [1.29, 1.82) is 0 Å². The average molecular weight is 259 g/mol. The predicted molar refractivity (Wildman–Crippen MR) is 67.0 cm³/mol. The molecule has 1 aromatic rings. The summed E-state index contributed by atoms with van der Waals surface area (Å²) in [6.45, 7) is 1.62. The minimum Gasteiger partial charge on any atom is -0.350 e. The Morgan fingerprint density at radius 1 is 1.53 bits per heavy atom. The molecule has 1 atom stereocenters. The quantitative estimate of drug-likeness (QED) is 0.867. The van der Waals surface area contributed by atoms with E-state index in [1.165, 1.54) is 18.2 Å². The standard InChI is InChI=1S/C12H15FN2O.ClH/c13-10-4-1-3-9(7-10)12(16)15-8-11-5-2-6-14-11;/h1,3-4,7,11,14H,2,5-6,8H2,(H,15,16);1H/t11-;/m1./s1. The van der Waals surface area contributed by atoms with E-state index in [-0.39, 0.29) is 24.1 Å². The van der Waals surface area contributed by atoms with E-state index in [4.69, 9.17) is 0 Å². The van der Waals surface area contributed by atoms with Gasteiger partial charge in [-0.15, -0.1) is 12.4 Å². The zero-order valence-electron chi connectivity index (χ0n) is 9.41. The van der Waals surface area contributed by atoms with Crippen molar-refractivity contribution in [2.75, 3.05) is 13.1 Å². The molecule has 17 heavy (non-hydrogen) atoms. The Morgan fingerprint density at radius 3 is 3.00 bits per heavy atom. The summed E-state index contributed by atoms with van der Waals surface area (Å²) in [5, 5.41) is 6.09. The Kier molecular flexibility index (Phi) is 5.38. The smallest absolute Gasteiger partial charge is 0.251 e. The largest absolute Gasteiger partial charge is 0.350 e. The molecule has 2 N–H and O–H groups in total. The first-order valence-corrected chi connectivity index (χ1v) is 5.53. The van der Waals surface area contributed by atoms with Crippen molar-refractivity contribution < 1.29 is 9.18 Å². The van der Waals surface area contributed by atoms with Gasteiger partial charge in [-0.25, -0.2) is 4.39 Å². The van der Waals surface area contributed by atoms with Crippen molar-refractivity contribution in [1.82, 2.24) is 10.6 Å². The number of carbonyl (C=O) groups excluding carboxylic acids is 1. The first-order chi connectivity index (χ1) is 7.75. The highest BCUT2D eigenvalue weighted by molar-refractivity contribution is 5.94. The van der Waals surface area contributed by atoms with E-state index in [2.05, 4.69) is 10.6 Å². The Labute approximate surface area is 106 Å². The van der Waals surface area contributed by atoms with Crippen LogP contribution < -0.4 is 10.6 Å². The fraction of sp³-hybridized carbons (Fsp3) is 0.417. The van der Waals surface area contributed by atoms with Crippen molar-refractivity contribution in [3.05, 3.63) is 35.6 Å². The Balaban J connectivity index is 0.00000144. The van der Waals surface area contributed by atoms with Crippen LogP contribution in [-0.4, -0.2) is 25.0 Å². The molecular weight excluding hydrogens is 243 g/mol. The molecule has 1 amide bonds. The number of hydrogen-bond acceptors (Lipinski definition) is 2. The summed E-state index contributed by atoms with van der Waals surface area (Å²) in [5.41, 5.74) is 0.373. The van der Waals surface area contributed by atoms with Gasteiger partial charge >= 0.3 is 0 Å². The van der Waals surface area contributed by atoms with Crippen LogP contribution >= 0.6 is 12.4 Å². The van der Waals surface area contributed by atoms with Gasteiger partial charge in [-0.2, -0.15) is 0 Å². The first-order valence-electron chi connectivity index (χ1n) is 5.53. The van der Waals surface area contributed by atoms with Crippen molar-refractivity contribution >= 4 is 18.3 Å². The van der Waals surface area contributed by atoms with E-state index >= 15 is 0 Å². The zero-order valence-corrected chi connectivity index (χ0v) is 10.2. The van der Waals surface area contributed by atoms with Gasteiger partial charge in [-0.3, -0.25) is 4.79 Å². The fourth-order valence-electron chi connectivity index (χ4n) is 1.88. The molecule has 1 fully saturated rings. The Morgan fingerprint density at radius 2 is 2.35 bits per heavy atom. The van der Waals surface area contributed by atoms with Gasteiger partial charge in [0.05, 0.1) is 0 Å². The fourth-order valence-corrected chi connectivity index (χ4v) is 1.88. The Bertz CT molecular complexity index is 381. The third-order valence-electron chi connectivity index (χ3n) is 2.76. The minimum absolute atomic E-state index is 0. The normalized spacial score (nSPS) is 18.5. The average Bonchev–Trinajstić information content (AvgIpc) is 2.78. The van der Waals surface area contributed by atoms with Gasteiger partial charge in [0.1, 0.15) is 5.82 Å². The van der Waals surface area contributed by atoms with Gasteiger partial charge in [0.15, 0.2) is 0 Å². The number of rotatable bonds is 3. The summed E-state index contributed by atoms with van der Waals surface area (Å²) in [6.07, 6.45) is 2.24. The molecule has 0 aliphatic carbocycles. The molecule has 0 bridgehead atoms. The van der Waals surface area contributed by atoms with Gasteiger partial charge in [0.2, 0.25) is 0 Å². The van der Waals surface area contributed by atoms with Crippen molar-refractivity contribution in [2.24, 2.45) is 0 Å².